The largest absolute Gasteiger partial charge is 0.456 e. The maximum Gasteiger partial charge on any atom is 0.306 e. The van der Waals surface area contributed by atoms with Crippen LogP contribution in [0.5, 0.6) is 0 Å². The number of fused-ring (bicyclic) bond motifs is 1. The molecule has 0 radical (unpaired) electrons. The Morgan fingerprint density at radius 2 is 1.83 bits per heavy atom. The number of ether oxygens (including phenoxy) is 1. The van der Waals surface area contributed by atoms with E-state index < -0.39 is 0 Å². The van der Waals surface area contributed by atoms with E-state index in [1.807, 2.05) is 61.5 Å². The molecule has 1 N–H and O–H groups in total. The van der Waals surface area contributed by atoms with Crippen LogP contribution in [0.25, 0.3) is 10.2 Å². The van der Waals surface area contributed by atoms with Crippen LogP contribution in [-0.4, -0.2) is 37.6 Å². The van der Waals surface area contributed by atoms with Crippen LogP contribution in [-0.2, 0) is 20.7 Å². The SMILES string of the molecule is CN(C)c1ccc(NC(=O)COC(=O)CCCCc2nc3ccccc3s2)cc1. The second-order valence-electron chi connectivity index (χ2n) is 6.93. The van der Waals surface area contributed by atoms with E-state index in [4.69, 9.17) is 4.74 Å². The van der Waals surface area contributed by atoms with E-state index in [1.54, 1.807) is 11.3 Å². The van der Waals surface area contributed by atoms with Crippen molar-refractivity contribution in [1.29, 1.82) is 0 Å². The molecule has 7 heteroatoms. The monoisotopic (exact) mass is 411 g/mol. The number of thiazole rings is 1. The van der Waals surface area contributed by atoms with Gasteiger partial charge in [-0.3, -0.25) is 9.59 Å². The first-order valence-corrected chi connectivity index (χ1v) is 10.4. The summed E-state index contributed by atoms with van der Waals surface area (Å²) in [6.45, 7) is -0.272. The molecule has 152 valence electrons. The second kappa shape index (κ2) is 10.0. The van der Waals surface area contributed by atoms with Gasteiger partial charge in [0.25, 0.3) is 5.91 Å². The molecule has 3 rings (SSSR count). The molecule has 0 saturated carbocycles. The van der Waals surface area contributed by atoms with Crippen molar-refractivity contribution in [1.82, 2.24) is 4.98 Å². The highest BCUT2D eigenvalue weighted by atomic mass is 32.1. The predicted octanol–water partition coefficient (Wildman–Crippen LogP) is 4.26. The summed E-state index contributed by atoms with van der Waals surface area (Å²) in [5.41, 5.74) is 2.74. The summed E-state index contributed by atoms with van der Waals surface area (Å²) in [5.74, 6) is -0.696. The van der Waals surface area contributed by atoms with Crippen molar-refractivity contribution in [3.8, 4) is 0 Å². The third kappa shape index (κ3) is 6.29. The van der Waals surface area contributed by atoms with E-state index in [0.29, 0.717) is 18.5 Å². The van der Waals surface area contributed by atoms with Crippen LogP contribution in [0.1, 0.15) is 24.3 Å². The van der Waals surface area contributed by atoms with Crippen LogP contribution in [0.4, 0.5) is 11.4 Å². The highest BCUT2D eigenvalue weighted by Gasteiger charge is 2.09. The smallest absolute Gasteiger partial charge is 0.306 e. The van der Waals surface area contributed by atoms with E-state index in [9.17, 15) is 9.59 Å². The fourth-order valence-corrected chi connectivity index (χ4v) is 3.84. The van der Waals surface area contributed by atoms with Crippen LogP contribution < -0.4 is 10.2 Å². The van der Waals surface area contributed by atoms with Gasteiger partial charge in [0.05, 0.1) is 15.2 Å². The van der Waals surface area contributed by atoms with Crippen molar-refractivity contribution in [2.75, 3.05) is 30.9 Å². The van der Waals surface area contributed by atoms with Gasteiger partial charge in [-0.25, -0.2) is 4.98 Å². The fraction of sp³-hybridized carbons (Fsp3) is 0.318. The normalized spacial score (nSPS) is 10.7. The maximum absolute atomic E-state index is 11.9. The molecule has 0 atom stereocenters. The number of nitrogens with one attached hydrogen (secondary N) is 1. The Morgan fingerprint density at radius 3 is 2.55 bits per heavy atom. The second-order valence-corrected chi connectivity index (χ2v) is 8.05. The number of anilines is 2. The molecule has 29 heavy (non-hydrogen) atoms. The van der Waals surface area contributed by atoms with Gasteiger partial charge in [-0.2, -0.15) is 0 Å². The number of carbonyl (C=O) groups excluding carboxylic acids is 2. The van der Waals surface area contributed by atoms with E-state index in [0.717, 1.165) is 29.1 Å². The van der Waals surface area contributed by atoms with Crippen LogP contribution >= 0.6 is 11.3 Å². The maximum atomic E-state index is 11.9. The lowest BCUT2D eigenvalue weighted by Crippen LogP contribution is -2.20. The van der Waals surface area contributed by atoms with Gasteiger partial charge in [-0.1, -0.05) is 12.1 Å². The quantitative estimate of drug-likeness (QED) is 0.421. The van der Waals surface area contributed by atoms with Crippen LogP contribution in [0.3, 0.4) is 0 Å². The lowest BCUT2D eigenvalue weighted by Gasteiger charge is -2.13. The molecule has 0 aliphatic carbocycles. The molecule has 1 aromatic heterocycles. The van der Waals surface area contributed by atoms with E-state index >= 15 is 0 Å². The molecule has 2 aromatic carbocycles. The number of nitrogens with zero attached hydrogens (tertiary/aromatic N) is 2. The van der Waals surface area contributed by atoms with Gasteiger partial charge in [0.15, 0.2) is 6.61 Å². The molecule has 0 fully saturated rings. The summed E-state index contributed by atoms with van der Waals surface area (Å²) in [6.07, 6.45) is 2.72. The summed E-state index contributed by atoms with van der Waals surface area (Å²) in [7, 11) is 3.90. The number of unbranched alkanes of at least 4 members (excludes halogenated alkanes) is 1. The Morgan fingerprint density at radius 1 is 1.07 bits per heavy atom. The molecule has 0 saturated heterocycles. The van der Waals surface area contributed by atoms with Gasteiger partial charge in [-0.15, -0.1) is 11.3 Å². The number of amides is 1. The van der Waals surface area contributed by atoms with Crippen molar-refractivity contribution in [2.45, 2.75) is 25.7 Å². The van der Waals surface area contributed by atoms with Crippen molar-refractivity contribution in [2.24, 2.45) is 0 Å². The molecule has 3 aromatic rings. The number of benzene rings is 2. The zero-order valence-corrected chi connectivity index (χ0v) is 17.5. The molecule has 0 unspecified atom stereocenters. The van der Waals surface area contributed by atoms with Crippen molar-refractivity contribution < 1.29 is 14.3 Å². The van der Waals surface area contributed by atoms with Gasteiger partial charge in [0, 0.05) is 31.9 Å². The standard InChI is InChI=1S/C22H25N3O3S/c1-25(2)17-13-11-16(12-14-17)23-20(26)15-28-22(27)10-6-5-9-21-24-18-7-3-4-8-19(18)29-21/h3-4,7-8,11-14H,5-6,9-10,15H2,1-2H3,(H,23,26). The Bertz CT molecular complexity index is 934. The number of hydrogen-bond acceptors (Lipinski definition) is 6. The first-order chi connectivity index (χ1) is 14.0. The first kappa shape index (κ1) is 20.8. The summed E-state index contributed by atoms with van der Waals surface area (Å²) >= 11 is 1.69. The number of esters is 1. The average Bonchev–Trinajstić information content (AvgIpc) is 3.13. The van der Waals surface area contributed by atoms with Crippen molar-refractivity contribution >= 4 is 44.8 Å². The van der Waals surface area contributed by atoms with Crippen LogP contribution in [0, 0.1) is 0 Å². The molecule has 0 aliphatic heterocycles. The molecule has 1 amide bonds. The minimum absolute atomic E-state index is 0.272. The Kier molecular flexibility index (Phi) is 7.19. The van der Waals surface area contributed by atoms with Gasteiger partial charge in [0.2, 0.25) is 0 Å². The highest BCUT2D eigenvalue weighted by molar-refractivity contribution is 7.18. The molecule has 1 heterocycles. The van der Waals surface area contributed by atoms with Gasteiger partial charge in [-0.05, 0) is 55.7 Å². The molecule has 0 spiro atoms. The summed E-state index contributed by atoms with van der Waals surface area (Å²) < 4.78 is 6.25. The molecule has 0 bridgehead atoms. The lowest BCUT2D eigenvalue weighted by atomic mass is 10.2. The van der Waals surface area contributed by atoms with Gasteiger partial charge < -0.3 is 15.0 Å². The summed E-state index contributed by atoms with van der Waals surface area (Å²) in [6, 6.07) is 15.5. The fourth-order valence-electron chi connectivity index (χ4n) is 2.83. The number of carbonyl (C=O) groups is 2. The molecular weight excluding hydrogens is 386 g/mol. The number of rotatable bonds is 9. The topological polar surface area (TPSA) is 71.5 Å². The molecule has 6 nitrogen and oxygen atoms in total. The third-order valence-corrected chi connectivity index (χ3v) is 5.49. The predicted molar refractivity (Wildman–Crippen MR) is 118 cm³/mol. The Hall–Kier alpha value is -2.93. The minimum Gasteiger partial charge on any atom is -0.456 e. The minimum atomic E-state index is -0.354. The van der Waals surface area contributed by atoms with Gasteiger partial charge >= 0.3 is 5.97 Å². The first-order valence-electron chi connectivity index (χ1n) is 9.58. The zero-order chi connectivity index (χ0) is 20.6. The molecule has 0 aliphatic rings. The zero-order valence-electron chi connectivity index (χ0n) is 16.7. The van der Waals surface area contributed by atoms with E-state index in [2.05, 4.69) is 16.4 Å². The number of para-hydroxylation sites is 1. The summed E-state index contributed by atoms with van der Waals surface area (Å²) in [5, 5.41) is 3.81. The van der Waals surface area contributed by atoms with Crippen molar-refractivity contribution in [3.63, 3.8) is 0 Å². The molecular formula is C22H25N3O3S. The van der Waals surface area contributed by atoms with Gasteiger partial charge in [0.1, 0.15) is 0 Å². The van der Waals surface area contributed by atoms with E-state index in [1.165, 1.54) is 4.70 Å². The van der Waals surface area contributed by atoms with E-state index in [-0.39, 0.29) is 18.5 Å². The summed E-state index contributed by atoms with van der Waals surface area (Å²) in [4.78, 5) is 30.3. The lowest BCUT2D eigenvalue weighted by molar-refractivity contribution is -0.147. The van der Waals surface area contributed by atoms with Crippen molar-refractivity contribution in [3.05, 3.63) is 53.5 Å². The highest BCUT2D eigenvalue weighted by Crippen LogP contribution is 2.23. The third-order valence-electron chi connectivity index (χ3n) is 4.39. The average molecular weight is 412 g/mol. The van der Waals surface area contributed by atoms with Crippen LogP contribution in [0.2, 0.25) is 0 Å². The number of aromatic nitrogens is 1. The number of aryl methyl sites for hydroxylation is 1. The Balaban J connectivity index is 1.32. The Labute approximate surface area is 174 Å². The van der Waals surface area contributed by atoms with Crippen LogP contribution in [0.15, 0.2) is 48.5 Å². The number of hydrogen-bond donors (Lipinski definition) is 1.